The molecule has 1 nitrogen and oxygen atoms in total. The van der Waals surface area contributed by atoms with Crippen molar-refractivity contribution in [1.82, 2.24) is 5.32 Å². The summed E-state index contributed by atoms with van der Waals surface area (Å²) in [7, 11) is 0. The minimum absolute atomic E-state index is 0.659. The van der Waals surface area contributed by atoms with Crippen LogP contribution in [-0.4, -0.2) is 6.54 Å². The molecule has 1 N–H and O–H groups in total. The Labute approximate surface area is 94.4 Å². The molecule has 74 valence electrons. The molecule has 0 amide bonds. The molecule has 0 saturated carbocycles. The number of terminal acetylenes is 1. The molecular weight excluding hydrogens is 217 g/mol. The summed E-state index contributed by atoms with van der Waals surface area (Å²) in [5.41, 5.74) is 1.07. The van der Waals surface area contributed by atoms with E-state index in [1.807, 2.05) is 12.1 Å². The van der Waals surface area contributed by atoms with Gasteiger partial charge in [-0.3, -0.25) is 0 Å². The lowest BCUT2D eigenvalue weighted by molar-refractivity contribution is 0.701. The second-order valence-electron chi connectivity index (χ2n) is 2.91. The smallest absolute Gasteiger partial charge is 0.0424 e. The first-order valence-corrected chi connectivity index (χ1v) is 5.07. The fraction of sp³-hybridized carbons (Fsp3) is 0.273. The van der Waals surface area contributed by atoms with Crippen molar-refractivity contribution in [2.24, 2.45) is 0 Å². The lowest BCUT2D eigenvalue weighted by atomic mass is 10.2. The van der Waals surface area contributed by atoms with Crippen LogP contribution in [0.4, 0.5) is 0 Å². The third-order valence-corrected chi connectivity index (χ3v) is 2.13. The van der Waals surface area contributed by atoms with Gasteiger partial charge >= 0.3 is 0 Å². The standard InChI is InChI=1S/C11H11Cl2N/c1-2-3-4-14-8-9-5-10(12)7-11(13)6-9/h1,5-7,14H,3-4,8H2. The summed E-state index contributed by atoms with van der Waals surface area (Å²) in [6.07, 6.45) is 5.85. The molecule has 0 aliphatic heterocycles. The molecule has 14 heavy (non-hydrogen) atoms. The van der Waals surface area contributed by atoms with Gasteiger partial charge in [-0.1, -0.05) is 23.2 Å². The number of nitrogens with one attached hydrogen (secondary N) is 1. The molecule has 0 bridgehead atoms. The van der Waals surface area contributed by atoms with Crippen LogP contribution >= 0.6 is 23.2 Å². The van der Waals surface area contributed by atoms with Crippen molar-refractivity contribution < 1.29 is 0 Å². The second-order valence-corrected chi connectivity index (χ2v) is 3.78. The molecule has 0 saturated heterocycles. The van der Waals surface area contributed by atoms with Crippen molar-refractivity contribution in [3.63, 3.8) is 0 Å². The van der Waals surface area contributed by atoms with Gasteiger partial charge in [0.05, 0.1) is 0 Å². The zero-order valence-electron chi connectivity index (χ0n) is 7.69. The third kappa shape index (κ3) is 4.02. The van der Waals surface area contributed by atoms with Crippen LogP contribution in [0.3, 0.4) is 0 Å². The number of rotatable bonds is 4. The molecule has 1 aromatic rings. The number of hydrogen-bond donors (Lipinski definition) is 1. The van der Waals surface area contributed by atoms with Gasteiger partial charge in [0, 0.05) is 29.6 Å². The summed E-state index contributed by atoms with van der Waals surface area (Å²) in [6, 6.07) is 5.49. The Kier molecular flexibility index (Phi) is 4.82. The van der Waals surface area contributed by atoms with Crippen LogP contribution in [0.1, 0.15) is 12.0 Å². The van der Waals surface area contributed by atoms with E-state index in [1.54, 1.807) is 6.07 Å². The highest BCUT2D eigenvalue weighted by molar-refractivity contribution is 6.34. The molecule has 3 heteroatoms. The normalized spacial score (nSPS) is 9.79. The summed E-state index contributed by atoms with van der Waals surface area (Å²) in [6.45, 7) is 1.54. The lowest BCUT2D eigenvalue weighted by Gasteiger charge is -2.04. The van der Waals surface area contributed by atoms with Crippen LogP contribution < -0.4 is 5.32 Å². The summed E-state index contributed by atoms with van der Waals surface area (Å²) in [5.74, 6) is 2.56. The number of benzene rings is 1. The average molecular weight is 228 g/mol. The molecule has 0 atom stereocenters. The van der Waals surface area contributed by atoms with E-state index >= 15 is 0 Å². The number of hydrogen-bond acceptors (Lipinski definition) is 1. The van der Waals surface area contributed by atoms with Crippen molar-refractivity contribution in [2.45, 2.75) is 13.0 Å². The van der Waals surface area contributed by atoms with Crippen LogP contribution in [-0.2, 0) is 6.54 Å². The second kappa shape index (κ2) is 5.93. The van der Waals surface area contributed by atoms with Crippen molar-refractivity contribution >= 4 is 23.2 Å². The Balaban J connectivity index is 2.47. The predicted molar refractivity (Wildman–Crippen MR) is 61.6 cm³/mol. The van der Waals surface area contributed by atoms with Gasteiger partial charge in [-0.05, 0) is 23.8 Å². The largest absolute Gasteiger partial charge is 0.312 e. The molecule has 0 unspecified atom stereocenters. The van der Waals surface area contributed by atoms with Gasteiger partial charge in [0.1, 0.15) is 0 Å². The van der Waals surface area contributed by atoms with Gasteiger partial charge in [-0.15, -0.1) is 12.3 Å². The van der Waals surface area contributed by atoms with Gasteiger partial charge in [-0.2, -0.15) is 0 Å². The zero-order chi connectivity index (χ0) is 10.4. The Morgan fingerprint density at radius 2 is 1.86 bits per heavy atom. The molecule has 0 aromatic heterocycles. The summed E-state index contributed by atoms with van der Waals surface area (Å²) < 4.78 is 0. The highest BCUT2D eigenvalue weighted by Gasteiger charge is 1.97. The Hall–Kier alpha value is -0.680. The van der Waals surface area contributed by atoms with Crippen LogP contribution in [0.15, 0.2) is 18.2 Å². The Morgan fingerprint density at radius 1 is 1.21 bits per heavy atom. The first-order chi connectivity index (χ1) is 6.72. The van der Waals surface area contributed by atoms with E-state index in [2.05, 4.69) is 11.2 Å². The van der Waals surface area contributed by atoms with Crippen molar-refractivity contribution in [3.05, 3.63) is 33.8 Å². The van der Waals surface area contributed by atoms with E-state index in [1.165, 1.54) is 0 Å². The van der Waals surface area contributed by atoms with E-state index in [0.29, 0.717) is 10.0 Å². The van der Waals surface area contributed by atoms with Gasteiger partial charge in [-0.25, -0.2) is 0 Å². The third-order valence-electron chi connectivity index (χ3n) is 1.70. The van der Waals surface area contributed by atoms with Crippen LogP contribution in [0, 0.1) is 12.3 Å². The maximum absolute atomic E-state index is 5.85. The Bertz CT molecular complexity index is 321. The van der Waals surface area contributed by atoms with E-state index < -0.39 is 0 Å². The zero-order valence-corrected chi connectivity index (χ0v) is 9.20. The molecular formula is C11H11Cl2N. The van der Waals surface area contributed by atoms with Crippen LogP contribution in [0.2, 0.25) is 10.0 Å². The SMILES string of the molecule is C#CCCNCc1cc(Cl)cc(Cl)c1. The topological polar surface area (TPSA) is 12.0 Å². The maximum Gasteiger partial charge on any atom is 0.0424 e. The summed E-state index contributed by atoms with van der Waals surface area (Å²) >= 11 is 11.7. The molecule has 1 aromatic carbocycles. The fourth-order valence-electron chi connectivity index (χ4n) is 1.11. The van der Waals surface area contributed by atoms with Crippen molar-refractivity contribution in [3.8, 4) is 12.3 Å². The van der Waals surface area contributed by atoms with Crippen molar-refractivity contribution in [1.29, 1.82) is 0 Å². The van der Waals surface area contributed by atoms with Crippen LogP contribution in [0.5, 0.6) is 0 Å². The quantitative estimate of drug-likeness (QED) is 0.616. The molecule has 0 fully saturated rings. The maximum atomic E-state index is 5.85. The van der Waals surface area contributed by atoms with Gasteiger partial charge < -0.3 is 5.32 Å². The van der Waals surface area contributed by atoms with Gasteiger partial charge in [0.25, 0.3) is 0 Å². The summed E-state index contributed by atoms with van der Waals surface area (Å²) in [5, 5.41) is 4.51. The molecule has 0 aliphatic carbocycles. The van der Waals surface area contributed by atoms with Crippen molar-refractivity contribution in [2.75, 3.05) is 6.54 Å². The minimum atomic E-state index is 0.659. The number of halogens is 2. The van der Waals surface area contributed by atoms with E-state index in [0.717, 1.165) is 25.1 Å². The first-order valence-electron chi connectivity index (χ1n) is 4.31. The minimum Gasteiger partial charge on any atom is -0.312 e. The Morgan fingerprint density at radius 3 is 2.43 bits per heavy atom. The first kappa shape index (κ1) is 11.4. The van der Waals surface area contributed by atoms with Gasteiger partial charge in [0.2, 0.25) is 0 Å². The highest BCUT2D eigenvalue weighted by Crippen LogP contribution is 2.18. The summed E-state index contributed by atoms with van der Waals surface area (Å²) in [4.78, 5) is 0. The molecule has 0 spiro atoms. The predicted octanol–water partition coefficient (Wildman–Crippen LogP) is 3.11. The molecule has 0 radical (unpaired) electrons. The van der Waals surface area contributed by atoms with E-state index in [9.17, 15) is 0 Å². The monoisotopic (exact) mass is 227 g/mol. The molecule has 1 rings (SSSR count). The van der Waals surface area contributed by atoms with E-state index in [-0.39, 0.29) is 0 Å². The highest BCUT2D eigenvalue weighted by atomic mass is 35.5. The molecule has 0 heterocycles. The average Bonchev–Trinajstić information content (AvgIpc) is 2.11. The van der Waals surface area contributed by atoms with Gasteiger partial charge in [0.15, 0.2) is 0 Å². The lowest BCUT2D eigenvalue weighted by Crippen LogP contribution is -2.14. The molecule has 0 aliphatic rings. The van der Waals surface area contributed by atoms with E-state index in [4.69, 9.17) is 29.6 Å². The fourth-order valence-corrected chi connectivity index (χ4v) is 1.68. The van der Waals surface area contributed by atoms with Crippen LogP contribution in [0.25, 0.3) is 0 Å².